The lowest BCUT2D eigenvalue weighted by Gasteiger charge is -2.15. The Kier molecular flexibility index (Phi) is 3.36. The summed E-state index contributed by atoms with van der Waals surface area (Å²) >= 11 is 0. The summed E-state index contributed by atoms with van der Waals surface area (Å²) in [6.45, 7) is 4.79. The van der Waals surface area contributed by atoms with Crippen molar-refractivity contribution in [2.75, 3.05) is 0 Å². The molecule has 1 unspecified atom stereocenters. The third-order valence-electron chi connectivity index (χ3n) is 2.88. The van der Waals surface area contributed by atoms with Crippen molar-refractivity contribution in [3.8, 4) is 0 Å². The van der Waals surface area contributed by atoms with E-state index in [1.54, 1.807) is 0 Å². The van der Waals surface area contributed by atoms with Gasteiger partial charge in [0.05, 0.1) is 6.54 Å². The third kappa shape index (κ3) is 3.02. The Labute approximate surface area is 90.4 Å². The van der Waals surface area contributed by atoms with E-state index in [9.17, 15) is 0 Å². The molecule has 1 aliphatic carbocycles. The molecule has 1 fully saturated rings. The second-order valence-electron chi connectivity index (χ2n) is 4.35. The van der Waals surface area contributed by atoms with Crippen LogP contribution in [0.5, 0.6) is 0 Å². The maximum Gasteiger partial charge on any atom is 0.240 e. The van der Waals surface area contributed by atoms with Crippen LogP contribution in [0.4, 0.5) is 0 Å². The smallest absolute Gasteiger partial charge is 0.240 e. The number of aromatic nitrogens is 2. The minimum Gasteiger partial charge on any atom is -0.338 e. The molecule has 2 rings (SSSR count). The molecule has 1 atom stereocenters. The maximum absolute atomic E-state index is 5.07. The molecule has 15 heavy (non-hydrogen) atoms. The zero-order chi connectivity index (χ0) is 10.7. The summed E-state index contributed by atoms with van der Waals surface area (Å²) in [5, 5.41) is 7.29. The van der Waals surface area contributed by atoms with Crippen molar-refractivity contribution in [3.63, 3.8) is 0 Å². The predicted octanol–water partition coefficient (Wildman–Crippen LogP) is 2.05. The number of nitrogens with one attached hydrogen (secondary N) is 1. The number of rotatable bonds is 6. The average molecular weight is 209 g/mol. The molecule has 0 aromatic carbocycles. The first kappa shape index (κ1) is 10.6. The van der Waals surface area contributed by atoms with Gasteiger partial charge in [0.2, 0.25) is 5.89 Å². The van der Waals surface area contributed by atoms with Crippen molar-refractivity contribution < 1.29 is 4.52 Å². The van der Waals surface area contributed by atoms with Crippen molar-refractivity contribution in [2.45, 2.75) is 52.1 Å². The molecule has 84 valence electrons. The summed E-state index contributed by atoms with van der Waals surface area (Å²) in [6, 6.07) is 0.641. The van der Waals surface area contributed by atoms with Crippen LogP contribution < -0.4 is 5.32 Å². The first-order valence-electron chi connectivity index (χ1n) is 5.82. The highest BCUT2D eigenvalue weighted by Gasteiger charge is 2.30. The van der Waals surface area contributed by atoms with E-state index in [-0.39, 0.29) is 0 Å². The monoisotopic (exact) mass is 209 g/mol. The molecule has 0 aliphatic heterocycles. The Morgan fingerprint density at radius 3 is 2.87 bits per heavy atom. The summed E-state index contributed by atoms with van der Waals surface area (Å²) in [7, 11) is 0. The summed E-state index contributed by atoms with van der Waals surface area (Å²) in [4.78, 5) is 4.18. The van der Waals surface area contributed by atoms with Crippen LogP contribution in [-0.2, 0) is 6.54 Å². The van der Waals surface area contributed by atoms with Crippen molar-refractivity contribution in [1.82, 2.24) is 15.5 Å². The maximum atomic E-state index is 5.07. The summed E-state index contributed by atoms with van der Waals surface area (Å²) in [5.74, 6) is 2.30. The lowest BCUT2D eigenvalue weighted by molar-refractivity contribution is 0.341. The summed E-state index contributed by atoms with van der Waals surface area (Å²) < 4.78 is 5.07. The Bertz CT molecular complexity index is 307. The average Bonchev–Trinajstić information content (AvgIpc) is 2.97. The van der Waals surface area contributed by atoms with Gasteiger partial charge in [-0.3, -0.25) is 0 Å². The van der Waals surface area contributed by atoms with Crippen LogP contribution in [0.2, 0.25) is 0 Å². The highest BCUT2D eigenvalue weighted by atomic mass is 16.5. The quantitative estimate of drug-likeness (QED) is 0.779. The van der Waals surface area contributed by atoms with Crippen LogP contribution >= 0.6 is 0 Å². The van der Waals surface area contributed by atoms with Crippen molar-refractivity contribution >= 4 is 0 Å². The SMILES string of the molecule is CCCC(NCc1nc(C)no1)C1CC1. The van der Waals surface area contributed by atoms with Crippen LogP contribution in [0.15, 0.2) is 4.52 Å². The fraction of sp³-hybridized carbons (Fsp3) is 0.818. The van der Waals surface area contributed by atoms with Crippen LogP contribution in [0.1, 0.15) is 44.3 Å². The number of hydrogen-bond donors (Lipinski definition) is 1. The van der Waals surface area contributed by atoms with Gasteiger partial charge in [-0.25, -0.2) is 0 Å². The van der Waals surface area contributed by atoms with Gasteiger partial charge in [-0.05, 0) is 32.1 Å². The number of nitrogens with zero attached hydrogens (tertiary/aromatic N) is 2. The topological polar surface area (TPSA) is 51.0 Å². The largest absolute Gasteiger partial charge is 0.338 e. The molecule has 0 bridgehead atoms. The van der Waals surface area contributed by atoms with Crippen LogP contribution in [-0.4, -0.2) is 16.2 Å². The second-order valence-corrected chi connectivity index (χ2v) is 4.35. The fourth-order valence-electron chi connectivity index (χ4n) is 1.94. The van der Waals surface area contributed by atoms with E-state index in [1.807, 2.05) is 6.92 Å². The molecule has 0 radical (unpaired) electrons. The Morgan fingerprint density at radius 2 is 2.33 bits per heavy atom. The molecular formula is C11H19N3O. The molecule has 0 saturated heterocycles. The van der Waals surface area contributed by atoms with Gasteiger partial charge in [-0.2, -0.15) is 4.98 Å². The molecule has 4 heteroatoms. The van der Waals surface area contributed by atoms with Crippen LogP contribution in [0.25, 0.3) is 0 Å². The van der Waals surface area contributed by atoms with E-state index in [2.05, 4.69) is 22.4 Å². The minimum absolute atomic E-state index is 0.641. The van der Waals surface area contributed by atoms with E-state index in [0.29, 0.717) is 24.3 Å². The van der Waals surface area contributed by atoms with E-state index < -0.39 is 0 Å². The normalized spacial score (nSPS) is 18.0. The highest BCUT2D eigenvalue weighted by molar-refractivity contribution is 4.88. The lowest BCUT2D eigenvalue weighted by atomic mass is 10.1. The first-order chi connectivity index (χ1) is 7.29. The Hall–Kier alpha value is -0.900. The lowest BCUT2D eigenvalue weighted by Crippen LogP contribution is -2.30. The molecule has 1 saturated carbocycles. The van der Waals surface area contributed by atoms with E-state index >= 15 is 0 Å². The van der Waals surface area contributed by atoms with E-state index in [0.717, 1.165) is 5.92 Å². The van der Waals surface area contributed by atoms with Gasteiger partial charge in [0.15, 0.2) is 5.82 Å². The summed E-state index contributed by atoms with van der Waals surface area (Å²) in [6.07, 6.45) is 5.23. The zero-order valence-corrected chi connectivity index (χ0v) is 9.49. The molecular weight excluding hydrogens is 190 g/mol. The van der Waals surface area contributed by atoms with Gasteiger partial charge in [0, 0.05) is 6.04 Å². The van der Waals surface area contributed by atoms with Crippen molar-refractivity contribution in [1.29, 1.82) is 0 Å². The Balaban J connectivity index is 1.79. The Morgan fingerprint density at radius 1 is 1.53 bits per heavy atom. The standard InChI is InChI=1S/C11H19N3O/c1-3-4-10(9-5-6-9)12-7-11-13-8(2)14-15-11/h9-10,12H,3-7H2,1-2H3. The van der Waals surface area contributed by atoms with Gasteiger partial charge in [0.1, 0.15) is 0 Å². The van der Waals surface area contributed by atoms with Crippen molar-refractivity contribution in [2.24, 2.45) is 5.92 Å². The van der Waals surface area contributed by atoms with Gasteiger partial charge < -0.3 is 9.84 Å². The molecule has 1 heterocycles. The van der Waals surface area contributed by atoms with Crippen LogP contribution in [0.3, 0.4) is 0 Å². The zero-order valence-electron chi connectivity index (χ0n) is 9.49. The van der Waals surface area contributed by atoms with E-state index in [1.165, 1.54) is 25.7 Å². The molecule has 0 spiro atoms. The van der Waals surface area contributed by atoms with Gasteiger partial charge in [0.25, 0.3) is 0 Å². The second kappa shape index (κ2) is 4.75. The number of aryl methyl sites for hydroxylation is 1. The molecule has 1 aromatic rings. The minimum atomic E-state index is 0.641. The van der Waals surface area contributed by atoms with Gasteiger partial charge >= 0.3 is 0 Å². The number of hydrogen-bond acceptors (Lipinski definition) is 4. The molecule has 1 aliphatic rings. The summed E-state index contributed by atoms with van der Waals surface area (Å²) in [5.41, 5.74) is 0. The van der Waals surface area contributed by atoms with E-state index in [4.69, 9.17) is 4.52 Å². The van der Waals surface area contributed by atoms with Crippen molar-refractivity contribution in [3.05, 3.63) is 11.7 Å². The molecule has 1 aromatic heterocycles. The molecule has 4 nitrogen and oxygen atoms in total. The van der Waals surface area contributed by atoms with Gasteiger partial charge in [-0.1, -0.05) is 18.5 Å². The fourth-order valence-corrected chi connectivity index (χ4v) is 1.94. The highest BCUT2D eigenvalue weighted by Crippen LogP contribution is 2.34. The first-order valence-corrected chi connectivity index (χ1v) is 5.82. The van der Waals surface area contributed by atoms with Crippen LogP contribution in [0, 0.1) is 12.8 Å². The van der Waals surface area contributed by atoms with Gasteiger partial charge in [-0.15, -0.1) is 0 Å². The molecule has 0 amide bonds. The third-order valence-corrected chi connectivity index (χ3v) is 2.88. The molecule has 1 N–H and O–H groups in total. The predicted molar refractivity (Wildman–Crippen MR) is 57.3 cm³/mol.